The number of fused-ring (bicyclic) bond motifs is 1. The van der Waals surface area contributed by atoms with Gasteiger partial charge >= 0.3 is 0 Å². The van der Waals surface area contributed by atoms with Gasteiger partial charge in [0.05, 0.1) is 31.4 Å². The predicted molar refractivity (Wildman–Crippen MR) is 72.4 cm³/mol. The Balaban J connectivity index is 0.00000162. The molecule has 0 saturated carbocycles. The minimum atomic E-state index is 0. The molecule has 0 spiro atoms. The first-order chi connectivity index (χ1) is 7.94. The highest BCUT2D eigenvalue weighted by molar-refractivity contribution is 7.22. The number of halogens is 1. The fraction of sp³-hybridized carbons (Fsp3) is 0.417. The van der Waals surface area contributed by atoms with Crippen LogP contribution in [0.2, 0.25) is 0 Å². The second kappa shape index (κ2) is 5.86. The SMILES string of the molecule is C[N+](C)(C)CCOc1ccc2nc(N)sc2c1.[Br-]. The van der Waals surface area contributed by atoms with E-state index in [9.17, 15) is 0 Å². The number of benzene rings is 1. The molecule has 4 nitrogen and oxygen atoms in total. The van der Waals surface area contributed by atoms with Crippen LogP contribution < -0.4 is 27.5 Å². The van der Waals surface area contributed by atoms with Gasteiger partial charge in [0.1, 0.15) is 18.9 Å². The number of nitrogens with zero attached hydrogens (tertiary/aromatic N) is 2. The summed E-state index contributed by atoms with van der Waals surface area (Å²) in [5.74, 6) is 0.884. The first-order valence-electron chi connectivity index (χ1n) is 5.53. The van der Waals surface area contributed by atoms with Gasteiger partial charge in [0, 0.05) is 0 Å². The van der Waals surface area contributed by atoms with Crippen LogP contribution in [-0.2, 0) is 0 Å². The van der Waals surface area contributed by atoms with Crippen molar-refractivity contribution in [2.45, 2.75) is 0 Å². The Morgan fingerprint density at radius 3 is 2.72 bits per heavy atom. The van der Waals surface area contributed by atoms with Crippen LogP contribution in [0.1, 0.15) is 0 Å². The van der Waals surface area contributed by atoms with Gasteiger partial charge in [-0.25, -0.2) is 4.98 Å². The van der Waals surface area contributed by atoms with Crippen LogP contribution in [0.5, 0.6) is 5.75 Å². The van der Waals surface area contributed by atoms with Gasteiger partial charge in [0.2, 0.25) is 0 Å². The molecule has 0 aliphatic heterocycles. The molecule has 1 aromatic heterocycles. The monoisotopic (exact) mass is 331 g/mol. The zero-order valence-corrected chi connectivity index (χ0v) is 13.2. The lowest BCUT2D eigenvalue weighted by molar-refractivity contribution is -0.870. The van der Waals surface area contributed by atoms with Crippen LogP contribution in [0.25, 0.3) is 10.2 Å². The first kappa shape index (κ1) is 15.2. The molecule has 6 heteroatoms. The topological polar surface area (TPSA) is 48.1 Å². The highest BCUT2D eigenvalue weighted by atomic mass is 79.9. The van der Waals surface area contributed by atoms with Crippen LogP contribution in [0, 0.1) is 0 Å². The molecule has 0 aliphatic carbocycles. The van der Waals surface area contributed by atoms with Gasteiger partial charge in [-0.1, -0.05) is 11.3 Å². The van der Waals surface area contributed by atoms with E-state index in [1.165, 1.54) is 11.3 Å². The standard InChI is InChI=1S/C12H18N3OS.BrH/c1-15(2,3)6-7-16-9-4-5-10-11(8-9)17-12(13)14-10;/h4-5,8H,6-7H2,1-3H3,(H2,13,14);1H/q+1;/p-1. The normalized spacial score (nSPS) is 11.3. The number of likely N-dealkylation sites (N-methyl/N-ethyl adjacent to an activating group) is 1. The molecular formula is C12H18BrN3OS. The minimum absolute atomic E-state index is 0. The molecule has 1 aromatic carbocycles. The Morgan fingerprint density at radius 1 is 1.33 bits per heavy atom. The number of quaternary nitrogens is 1. The van der Waals surface area contributed by atoms with Crippen molar-refractivity contribution in [1.29, 1.82) is 0 Å². The van der Waals surface area contributed by atoms with Gasteiger partial charge in [-0.2, -0.15) is 0 Å². The number of nitrogen functional groups attached to an aromatic ring is 1. The van der Waals surface area contributed by atoms with Crippen molar-refractivity contribution in [2.75, 3.05) is 40.0 Å². The zero-order valence-electron chi connectivity index (χ0n) is 10.8. The summed E-state index contributed by atoms with van der Waals surface area (Å²) in [5, 5.41) is 0.600. The summed E-state index contributed by atoms with van der Waals surface area (Å²) in [5.41, 5.74) is 6.60. The van der Waals surface area contributed by atoms with E-state index >= 15 is 0 Å². The van der Waals surface area contributed by atoms with Gasteiger partial charge in [-0.15, -0.1) is 0 Å². The lowest BCUT2D eigenvalue weighted by atomic mass is 10.3. The van der Waals surface area contributed by atoms with E-state index in [4.69, 9.17) is 10.5 Å². The fourth-order valence-corrected chi connectivity index (χ4v) is 2.21. The second-order valence-corrected chi connectivity index (χ2v) is 6.11. The van der Waals surface area contributed by atoms with Crippen molar-refractivity contribution in [3.8, 4) is 5.75 Å². The Kier molecular flexibility index (Phi) is 4.95. The molecule has 0 unspecified atom stereocenters. The summed E-state index contributed by atoms with van der Waals surface area (Å²) >= 11 is 1.49. The third-order valence-corrected chi connectivity index (χ3v) is 3.25. The van der Waals surface area contributed by atoms with Gasteiger partial charge < -0.3 is 31.9 Å². The predicted octanol–water partition coefficient (Wildman–Crippen LogP) is -1.03. The van der Waals surface area contributed by atoms with E-state index in [2.05, 4.69) is 26.1 Å². The van der Waals surface area contributed by atoms with E-state index in [0.717, 1.165) is 27.0 Å². The van der Waals surface area contributed by atoms with Crippen molar-refractivity contribution < 1.29 is 26.2 Å². The maximum absolute atomic E-state index is 5.72. The average Bonchev–Trinajstić information content (AvgIpc) is 2.55. The molecule has 0 aliphatic rings. The summed E-state index contributed by atoms with van der Waals surface area (Å²) in [6.45, 7) is 1.69. The molecule has 2 rings (SSSR count). The zero-order chi connectivity index (χ0) is 12.5. The molecule has 100 valence electrons. The van der Waals surface area contributed by atoms with Gasteiger partial charge in [-0.3, -0.25) is 0 Å². The molecule has 0 atom stereocenters. The van der Waals surface area contributed by atoms with Crippen LogP contribution in [0.3, 0.4) is 0 Å². The minimum Gasteiger partial charge on any atom is -1.00 e. The van der Waals surface area contributed by atoms with Crippen LogP contribution >= 0.6 is 11.3 Å². The van der Waals surface area contributed by atoms with Gasteiger partial charge in [0.25, 0.3) is 0 Å². The molecule has 0 radical (unpaired) electrons. The van der Waals surface area contributed by atoms with Crippen molar-refractivity contribution in [2.24, 2.45) is 0 Å². The van der Waals surface area contributed by atoms with Crippen LogP contribution in [-0.4, -0.2) is 43.8 Å². The molecule has 0 bridgehead atoms. The van der Waals surface area contributed by atoms with Gasteiger partial charge in [0.15, 0.2) is 5.13 Å². The highest BCUT2D eigenvalue weighted by Crippen LogP contribution is 2.27. The Hall–Kier alpha value is -0.850. The van der Waals surface area contributed by atoms with Crippen molar-refractivity contribution >= 4 is 26.7 Å². The lowest BCUT2D eigenvalue weighted by Gasteiger charge is -2.23. The number of thiazole rings is 1. The quantitative estimate of drug-likeness (QED) is 0.729. The number of nitrogens with two attached hydrogens (primary N) is 1. The highest BCUT2D eigenvalue weighted by Gasteiger charge is 2.07. The third kappa shape index (κ3) is 4.12. The largest absolute Gasteiger partial charge is 1.00 e. The van der Waals surface area contributed by atoms with E-state index in [1.54, 1.807) is 0 Å². The molecule has 0 fully saturated rings. The second-order valence-electron chi connectivity index (χ2n) is 5.04. The third-order valence-electron chi connectivity index (χ3n) is 2.41. The summed E-state index contributed by atoms with van der Waals surface area (Å²) in [6.07, 6.45) is 0. The van der Waals surface area contributed by atoms with Crippen molar-refractivity contribution in [3.63, 3.8) is 0 Å². The van der Waals surface area contributed by atoms with Crippen molar-refractivity contribution in [1.82, 2.24) is 4.98 Å². The Labute approximate surface area is 122 Å². The lowest BCUT2D eigenvalue weighted by Crippen LogP contribution is -3.00. The molecule has 2 N–H and O–H groups in total. The number of aromatic nitrogens is 1. The summed E-state index contributed by atoms with van der Waals surface area (Å²) in [6, 6.07) is 5.89. The molecule has 0 saturated heterocycles. The summed E-state index contributed by atoms with van der Waals surface area (Å²) < 4.78 is 7.69. The number of hydrogen-bond acceptors (Lipinski definition) is 4. The van der Waals surface area contributed by atoms with Crippen molar-refractivity contribution in [3.05, 3.63) is 18.2 Å². The van der Waals surface area contributed by atoms with E-state index in [-0.39, 0.29) is 17.0 Å². The number of hydrogen-bond donors (Lipinski definition) is 1. The Morgan fingerprint density at radius 2 is 2.06 bits per heavy atom. The number of ether oxygens (including phenoxy) is 1. The summed E-state index contributed by atoms with van der Waals surface area (Å²) in [7, 11) is 6.45. The molecule has 1 heterocycles. The first-order valence-corrected chi connectivity index (χ1v) is 6.35. The number of rotatable bonds is 4. The molecule has 0 amide bonds. The fourth-order valence-electron chi connectivity index (χ4n) is 1.45. The van der Waals surface area contributed by atoms with E-state index in [0.29, 0.717) is 11.7 Å². The summed E-state index contributed by atoms with van der Waals surface area (Å²) in [4.78, 5) is 4.21. The maximum Gasteiger partial charge on any atom is 0.181 e. The maximum atomic E-state index is 5.72. The van der Waals surface area contributed by atoms with E-state index < -0.39 is 0 Å². The average molecular weight is 332 g/mol. The number of anilines is 1. The molecule has 18 heavy (non-hydrogen) atoms. The molecule has 2 aromatic rings. The van der Waals surface area contributed by atoms with E-state index in [1.807, 2.05) is 18.2 Å². The molecular weight excluding hydrogens is 314 g/mol. The van der Waals surface area contributed by atoms with Crippen LogP contribution in [0.15, 0.2) is 18.2 Å². The van der Waals surface area contributed by atoms with Crippen LogP contribution in [0.4, 0.5) is 5.13 Å². The van der Waals surface area contributed by atoms with Gasteiger partial charge in [-0.05, 0) is 18.2 Å². The smallest absolute Gasteiger partial charge is 0.181 e. The Bertz CT molecular complexity index is 522.